The molecular weight excluding hydrogens is 238 g/mol. The third-order valence-electron chi connectivity index (χ3n) is 3.09. The second-order valence-electron chi connectivity index (χ2n) is 5.08. The van der Waals surface area contributed by atoms with Crippen LogP contribution in [0.25, 0.3) is 0 Å². The number of amides is 1. The molecule has 0 saturated heterocycles. The summed E-state index contributed by atoms with van der Waals surface area (Å²) in [5, 5.41) is 3.01. The molecular formula is C15H25N3O. The molecule has 1 amide bonds. The van der Waals surface area contributed by atoms with Crippen molar-refractivity contribution in [1.29, 1.82) is 0 Å². The molecule has 1 rings (SSSR count). The molecule has 19 heavy (non-hydrogen) atoms. The predicted molar refractivity (Wildman–Crippen MR) is 78.7 cm³/mol. The van der Waals surface area contributed by atoms with E-state index in [2.05, 4.69) is 24.1 Å². The van der Waals surface area contributed by atoms with Crippen molar-refractivity contribution in [1.82, 2.24) is 10.3 Å². The van der Waals surface area contributed by atoms with Gasteiger partial charge >= 0.3 is 0 Å². The molecule has 4 nitrogen and oxygen atoms in total. The molecule has 0 aliphatic carbocycles. The number of nitrogens with one attached hydrogen (secondary N) is 1. The summed E-state index contributed by atoms with van der Waals surface area (Å²) >= 11 is 0. The fourth-order valence-electron chi connectivity index (χ4n) is 1.98. The van der Waals surface area contributed by atoms with Gasteiger partial charge in [-0.05, 0) is 25.5 Å². The fraction of sp³-hybridized carbons (Fsp3) is 0.600. The molecule has 0 aromatic carbocycles. The van der Waals surface area contributed by atoms with Crippen molar-refractivity contribution in [2.24, 2.45) is 0 Å². The van der Waals surface area contributed by atoms with E-state index >= 15 is 0 Å². The number of hydrogen-bond acceptors (Lipinski definition) is 3. The fourth-order valence-corrected chi connectivity index (χ4v) is 1.98. The summed E-state index contributed by atoms with van der Waals surface area (Å²) in [6.45, 7) is 4.26. The van der Waals surface area contributed by atoms with Crippen LogP contribution in [0, 0.1) is 0 Å². The molecule has 1 aromatic heterocycles. The predicted octanol–water partition coefficient (Wildman–Crippen LogP) is 2.68. The minimum atomic E-state index is 0.0280. The lowest BCUT2D eigenvalue weighted by Crippen LogP contribution is -2.33. The van der Waals surface area contributed by atoms with Crippen LogP contribution in [0.5, 0.6) is 0 Å². The molecule has 0 spiro atoms. The molecule has 1 aromatic rings. The molecule has 4 heteroatoms. The Labute approximate surface area is 115 Å². The van der Waals surface area contributed by atoms with Crippen LogP contribution in [0.2, 0.25) is 0 Å². The van der Waals surface area contributed by atoms with Crippen LogP contribution in [0.1, 0.15) is 51.6 Å². The van der Waals surface area contributed by atoms with Crippen molar-refractivity contribution < 1.29 is 4.79 Å². The van der Waals surface area contributed by atoms with E-state index in [1.807, 2.05) is 0 Å². The van der Waals surface area contributed by atoms with Crippen LogP contribution in [0.3, 0.4) is 0 Å². The average Bonchev–Trinajstić information content (AvgIpc) is 2.37. The molecule has 1 unspecified atom stereocenters. The van der Waals surface area contributed by atoms with Crippen molar-refractivity contribution >= 4 is 11.6 Å². The third-order valence-corrected chi connectivity index (χ3v) is 3.09. The molecule has 0 aliphatic heterocycles. The highest BCUT2D eigenvalue weighted by molar-refractivity contribution is 5.78. The summed E-state index contributed by atoms with van der Waals surface area (Å²) in [6.07, 6.45) is 7.88. The summed E-state index contributed by atoms with van der Waals surface area (Å²) in [7, 11) is 0. The van der Waals surface area contributed by atoms with Crippen LogP contribution in [-0.2, 0) is 11.2 Å². The number of aromatic nitrogens is 1. The van der Waals surface area contributed by atoms with Gasteiger partial charge in [-0.15, -0.1) is 0 Å². The highest BCUT2D eigenvalue weighted by Crippen LogP contribution is 2.06. The zero-order valence-electron chi connectivity index (χ0n) is 12.0. The van der Waals surface area contributed by atoms with Gasteiger partial charge in [0.15, 0.2) is 0 Å². The first-order valence-corrected chi connectivity index (χ1v) is 7.11. The Bertz CT molecular complexity index is 375. The SMILES string of the molecule is CCCCCCC(C)NC(=O)Cc1ccc(N)cn1. The van der Waals surface area contributed by atoms with E-state index < -0.39 is 0 Å². The van der Waals surface area contributed by atoms with Gasteiger partial charge in [0.05, 0.1) is 18.3 Å². The van der Waals surface area contributed by atoms with Crippen LogP contribution in [-0.4, -0.2) is 16.9 Å². The van der Waals surface area contributed by atoms with E-state index in [0.717, 1.165) is 12.1 Å². The van der Waals surface area contributed by atoms with Crippen molar-refractivity contribution in [3.63, 3.8) is 0 Å². The highest BCUT2D eigenvalue weighted by atomic mass is 16.1. The number of hydrogen-bond donors (Lipinski definition) is 2. The number of carbonyl (C=O) groups is 1. The standard InChI is InChI=1S/C15H25N3O/c1-3-4-5-6-7-12(2)18-15(19)10-14-9-8-13(16)11-17-14/h8-9,11-12H,3-7,10,16H2,1-2H3,(H,18,19). The largest absolute Gasteiger partial charge is 0.397 e. The molecule has 0 fully saturated rings. The maximum atomic E-state index is 11.8. The zero-order chi connectivity index (χ0) is 14.1. The average molecular weight is 263 g/mol. The van der Waals surface area contributed by atoms with Crippen LogP contribution >= 0.6 is 0 Å². The van der Waals surface area contributed by atoms with Gasteiger partial charge in [0.2, 0.25) is 5.91 Å². The first-order chi connectivity index (χ1) is 9.11. The molecule has 1 atom stereocenters. The second-order valence-corrected chi connectivity index (χ2v) is 5.08. The first kappa shape index (κ1) is 15.5. The molecule has 0 radical (unpaired) electrons. The highest BCUT2D eigenvalue weighted by Gasteiger charge is 2.08. The quantitative estimate of drug-likeness (QED) is 0.709. The molecule has 1 heterocycles. The maximum Gasteiger partial charge on any atom is 0.226 e. The Hall–Kier alpha value is -1.58. The monoisotopic (exact) mass is 263 g/mol. The molecule has 0 saturated carbocycles. The number of anilines is 1. The number of nitrogens with zero attached hydrogens (tertiary/aromatic N) is 1. The summed E-state index contributed by atoms with van der Waals surface area (Å²) in [5.41, 5.74) is 6.93. The van der Waals surface area contributed by atoms with Gasteiger partial charge < -0.3 is 11.1 Å². The molecule has 0 aliphatic rings. The Balaban J connectivity index is 2.24. The van der Waals surface area contributed by atoms with Crippen molar-refractivity contribution in [3.05, 3.63) is 24.0 Å². The van der Waals surface area contributed by atoms with E-state index in [4.69, 9.17) is 5.73 Å². The van der Waals surface area contributed by atoms with E-state index in [0.29, 0.717) is 12.1 Å². The van der Waals surface area contributed by atoms with E-state index in [1.165, 1.54) is 25.7 Å². The number of unbranched alkanes of at least 4 members (excludes halogenated alkanes) is 3. The van der Waals surface area contributed by atoms with Gasteiger partial charge in [-0.1, -0.05) is 32.6 Å². The maximum absolute atomic E-state index is 11.8. The van der Waals surface area contributed by atoms with Crippen molar-refractivity contribution in [3.8, 4) is 0 Å². The third kappa shape index (κ3) is 6.79. The van der Waals surface area contributed by atoms with E-state index in [9.17, 15) is 4.79 Å². The van der Waals surface area contributed by atoms with Gasteiger partial charge in [-0.25, -0.2) is 0 Å². The number of nitrogens with two attached hydrogens (primary N) is 1. The summed E-state index contributed by atoms with van der Waals surface area (Å²) in [5.74, 6) is 0.0280. The Morgan fingerprint density at radius 2 is 2.16 bits per heavy atom. The second kappa shape index (κ2) is 8.51. The van der Waals surface area contributed by atoms with Crippen LogP contribution in [0.4, 0.5) is 5.69 Å². The van der Waals surface area contributed by atoms with Gasteiger partial charge in [0.1, 0.15) is 0 Å². The smallest absolute Gasteiger partial charge is 0.226 e. The first-order valence-electron chi connectivity index (χ1n) is 7.11. The topological polar surface area (TPSA) is 68.0 Å². The van der Waals surface area contributed by atoms with Crippen LogP contribution < -0.4 is 11.1 Å². The number of carbonyl (C=O) groups excluding carboxylic acids is 1. The van der Waals surface area contributed by atoms with Gasteiger partial charge in [0.25, 0.3) is 0 Å². The lowest BCUT2D eigenvalue weighted by atomic mass is 10.1. The minimum absolute atomic E-state index is 0.0280. The van der Waals surface area contributed by atoms with Crippen molar-refractivity contribution in [2.75, 3.05) is 5.73 Å². The number of rotatable bonds is 8. The zero-order valence-corrected chi connectivity index (χ0v) is 12.0. The Kier molecular flexibility index (Phi) is 6.93. The minimum Gasteiger partial charge on any atom is -0.397 e. The molecule has 106 valence electrons. The normalized spacial score (nSPS) is 12.1. The molecule has 3 N–H and O–H groups in total. The van der Waals surface area contributed by atoms with Crippen molar-refractivity contribution in [2.45, 2.75) is 58.4 Å². The van der Waals surface area contributed by atoms with E-state index in [-0.39, 0.29) is 11.9 Å². The Morgan fingerprint density at radius 1 is 1.37 bits per heavy atom. The number of pyridine rings is 1. The van der Waals surface area contributed by atoms with Gasteiger partial charge in [-0.3, -0.25) is 9.78 Å². The Morgan fingerprint density at radius 3 is 2.79 bits per heavy atom. The lowest BCUT2D eigenvalue weighted by molar-refractivity contribution is -0.121. The number of nitrogen functional groups attached to an aromatic ring is 1. The van der Waals surface area contributed by atoms with E-state index in [1.54, 1.807) is 18.3 Å². The lowest BCUT2D eigenvalue weighted by Gasteiger charge is -2.13. The summed E-state index contributed by atoms with van der Waals surface area (Å²) < 4.78 is 0. The van der Waals surface area contributed by atoms with Crippen LogP contribution in [0.15, 0.2) is 18.3 Å². The van der Waals surface area contributed by atoms with Gasteiger partial charge in [-0.2, -0.15) is 0 Å². The summed E-state index contributed by atoms with van der Waals surface area (Å²) in [6, 6.07) is 3.79. The van der Waals surface area contributed by atoms with Gasteiger partial charge in [0, 0.05) is 11.7 Å². The molecule has 0 bridgehead atoms. The summed E-state index contributed by atoms with van der Waals surface area (Å²) in [4.78, 5) is 15.9.